The lowest BCUT2D eigenvalue weighted by molar-refractivity contribution is -0.0217. The highest BCUT2D eigenvalue weighted by molar-refractivity contribution is 6.02. The highest BCUT2D eigenvalue weighted by atomic mass is 16.7. The van der Waals surface area contributed by atoms with Crippen molar-refractivity contribution in [1.82, 2.24) is 0 Å². The molecule has 2 aliphatic rings. The number of aromatic carboxylic acids is 1. The molecule has 0 radical (unpaired) electrons. The Kier molecular flexibility index (Phi) is 3.40. The molecule has 1 aliphatic carbocycles. The summed E-state index contributed by atoms with van der Waals surface area (Å²) in [5.74, 6) is -0.918. The molecular formula is C17H17NO3. The second-order valence-electron chi connectivity index (χ2n) is 5.70. The van der Waals surface area contributed by atoms with Crippen molar-refractivity contribution in [3.8, 4) is 0 Å². The fourth-order valence-corrected chi connectivity index (χ4v) is 2.73. The number of carboxylic acid groups (broad SMARTS) is 1. The average molecular weight is 283 g/mol. The van der Waals surface area contributed by atoms with E-state index in [0.717, 1.165) is 37.0 Å². The third-order valence-corrected chi connectivity index (χ3v) is 4.08. The van der Waals surface area contributed by atoms with E-state index < -0.39 is 5.97 Å². The molecule has 0 aromatic heterocycles. The van der Waals surface area contributed by atoms with Gasteiger partial charge in [0.25, 0.3) is 0 Å². The van der Waals surface area contributed by atoms with Crippen LogP contribution >= 0.6 is 0 Å². The van der Waals surface area contributed by atoms with E-state index in [4.69, 9.17) is 9.94 Å². The Bertz CT molecular complexity index is 666. The Morgan fingerprint density at radius 3 is 2.86 bits per heavy atom. The zero-order valence-electron chi connectivity index (χ0n) is 11.9. The van der Waals surface area contributed by atoms with Crippen molar-refractivity contribution in [2.45, 2.75) is 38.2 Å². The van der Waals surface area contributed by atoms with Crippen LogP contribution in [0.1, 0.15) is 48.5 Å². The Balaban J connectivity index is 1.75. The third kappa shape index (κ3) is 2.76. The predicted octanol–water partition coefficient (Wildman–Crippen LogP) is 3.53. The number of benzene rings is 1. The Morgan fingerprint density at radius 1 is 1.38 bits per heavy atom. The Morgan fingerprint density at radius 2 is 2.14 bits per heavy atom. The van der Waals surface area contributed by atoms with E-state index in [9.17, 15) is 4.79 Å². The molecule has 1 aromatic rings. The number of hydrogen-bond acceptors (Lipinski definition) is 3. The first kappa shape index (κ1) is 13.7. The van der Waals surface area contributed by atoms with Crippen molar-refractivity contribution < 1.29 is 14.7 Å². The minimum atomic E-state index is -0.918. The SMILES string of the molecule is CC1=C=CCC2(CC1)CC(c1ccc(C(=O)O)cc1)=NO2. The van der Waals surface area contributed by atoms with Crippen LogP contribution in [0.4, 0.5) is 0 Å². The van der Waals surface area contributed by atoms with Crippen LogP contribution in [0.25, 0.3) is 0 Å². The van der Waals surface area contributed by atoms with Crippen molar-refractivity contribution >= 4 is 11.7 Å². The number of oxime groups is 1. The molecule has 0 amide bonds. The lowest BCUT2D eigenvalue weighted by Gasteiger charge is -2.23. The highest BCUT2D eigenvalue weighted by Gasteiger charge is 2.38. The molecule has 1 aromatic carbocycles. The summed E-state index contributed by atoms with van der Waals surface area (Å²) in [6, 6.07) is 6.79. The molecule has 1 spiro atoms. The van der Waals surface area contributed by atoms with E-state index in [0.29, 0.717) is 0 Å². The smallest absolute Gasteiger partial charge is 0.335 e. The summed E-state index contributed by atoms with van der Waals surface area (Å²) in [6.07, 6.45) is 5.50. The van der Waals surface area contributed by atoms with Gasteiger partial charge in [-0.1, -0.05) is 17.3 Å². The maximum atomic E-state index is 10.9. The van der Waals surface area contributed by atoms with Gasteiger partial charge in [-0.15, -0.1) is 5.73 Å². The second-order valence-corrected chi connectivity index (χ2v) is 5.70. The first-order valence-electron chi connectivity index (χ1n) is 7.07. The van der Waals surface area contributed by atoms with Gasteiger partial charge in [0.05, 0.1) is 11.3 Å². The van der Waals surface area contributed by atoms with E-state index in [1.807, 2.05) is 6.08 Å². The maximum Gasteiger partial charge on any atom is 0.335 e. The molecule has 108 valence electrons. The van der Waals surface area contributed by atoms with Gasteiger partial charge in [-0.3, -0.25) is 0 Å². The Labute approximate surface area is 123 Å². The predicted molar refractivity (Wildman–Crippen MR) is 79.5 cm³/mol. The van der Waals surface area contributed by atoms with Gasteiger partial charge in [-0.05, 0) is 49.1 Å². The van der Waals surface area contributed by atoms with Crippen LogP contribution in [0.5, 0.6) is 0 Å². The number of carbonyl (C=O) groups is 1. The molecule has 1 N–H and O–H groups in total. The fourth-order valence-electron chi connectivity index (χ4n) is 2.73. The maximum absolute atomic E-state index is 10.9. The second kappa shape index (κ2) is 5.23. The van der Waals surface area contributed by atoms with Crippen LogP contribution in [-0.2, 0) is 4.84 Å². The summed E-state index contributed by atoms with van der Waals surface area (Å²) >= 11 is 0. The summed E-state index contributed by atoms with van der Waals surface area (Å²) < 4.78 is 0. The van der Waals surface area contributed by atoms with Gasteiger partial charge in [0.1, 0.15) is 5.60 Å². The summed E-state index contributed by atoms with van der Waals surface area (Å²) in [4.78, 5) is 16.6. The quantitative estimate of drug-likeness (QED) is 0.845. The molecule has 0 bridgehead atoms. The minimum absolute atomic E-state index is 0.258. The van der Waals surface area contributed by atoms with Gasteiger partial charge in [-0.25, -0.2) is 4.79 Å². The van der Waals surface area contributed by atoms with Crippen molar-refractivity contribution in [2.24, 2.45) is 5.16 Å². The average Bonchev–Trinajstić information content (AvgIpc) is 2.81. The molecule has 4 nitrogen and oxygen atoms in total. The first-order chi connectivity index (χ1) is 10.1. The summed E-state index contributed by atoms with van der Waals surface area (Å²) in [6.45, 7) is 2.08. The van der Waals surface area contributed by atoms with Gasteiger partial charge in [-0.2, -0.15) is 0 Å². The topological polar surface area (TPSA) is 58.9 Å². The zero-order chi connectivity index (χ0) is 14.9. The van der Waals surface area contributed by atoms with Gasteiger partial charge >= 0.3 is 5.97 Å². The summed E-state index contributed by atoms with van der Waals surface area (Å²) in [7, 11) is 0. The third-order valence-electron chi connectivity index (χ3n) is 4.08. The Hall–Kier alpha value is -2.32. The van der Waals surface area contributed by atoms with Crippen LogP contribution in [0, 0.1) is 0 Å². The highest BCUT2D eigenvalue weighted by Crippen LogP contribution is 2.36. The number of rotatable bonds is 2. The van der Waals surface area contributed by atoms with Crippen molar-refractivity contribution in [2.75, 3.05) is 0 Å². The van der Waals surface area contributed by atoms with Crippen LogP contribution in [0.15, 0.2) is 46.8 Å². The number of hydrogen-bond donors (Lipinski definition) is 1. The first-order valence-corrected chi connectivity index (χ1v) is 7.07. The molecule has 0 saturated carbocycles. The van der Waals surface area contributed by atoms with E-state index >= 15 is 0 Å². The van der Waals surface area contributed by atoms with E-state index in [-0.39, 0.29) is 11.2 Å². The normalized spacial score (nSPS) is 24.2. The van der Waals surface area contributed by atoms with Crippen LogP contribution < -0.4 is 0 Å². The van der Waals surface area contributed by atoms with Gasteiger partial charge in [0.15, 0.2) is 0 Å². The zero-order valence-corrected chi connectivity index (χ0v) is 11.9. The lowest BCUT2D eigenvalue weighted by atomic mass is 9.87. The van der Waals surface area contributed by atoms with Crippen molar-refractivity contribution in [3.63, 3.8) is 0 Å². The van der Waals surface area contributed by atoms with Gasteiger partial charge < -0.3 is 9.94 Å². The standard InChI is InChI=1S/C17H17NO3/c1-12-3-2-9-17(10-8-12)11-15(18-21-17)13-4-6-14(7-5-13)16(19)20/h2,4-7H,8-11H2,1H3,(H,19,20). The van der Waals surface area contributed by atoms with Crippen molar-refractivity contribution in [3.05, 3.63) is 52.8 Å². The summed E-state index contributed by atoms with van der Waals surface area (Å²) in [5.41, 5.74) is 6.35. The van der Waals surface area contributed by atoms with E-state index in [1.54, 1.807) is 24.3 Å². The monoisotopic (exact) mass is 283 g/mol. The van der Waals surface area contributed by atoms with Crippen LogP contribution in [-0.4, -0.2) is 22.4 Å². The van der Waals surface area contributed by atoms with Crippen molar-refractivity contribution in [1.29, 1.82) is 0 Å². The van der Waals surface area contributed by atoms with Crippen LogP contribution in [0.3, 0.4) is 0 Å². The molecular weight excluding hydrogens is 266 g/mol. The number of nitrogens with zero attached hydrogens (tertiary/aromatic N) is 1. The molecule has 21 heavy (non-hydrogen) atoms. The lowest BCUT2D eigenvalue weighted by Crippen LogP contribution is -2.28. The minimum Gasteiger partial charge on any atom is -0.478 e. The molecule has 3 rings (SSSR count). The molecule has 1 atom stereocenters. The molecule has 1 heterocycles. The molecule has 0 fully saturated rings. The van der Waals surface area contributed by atoms with E-state index in [2.05, 4.69) is 17.8 Å². The molecule has 0 saturated heterocycles. The van der Waals surface area contributed by atoms with E-state index in [1.165, 1.54) is 5.57 Å². The van der Waals surface area contributed by atoms with Gasteiger partial charge in [0, 0.05) is 12.8 Å². The fraction of sp³-hybridized carbons (Fsp3) is 0.353. The van der Waals surface area contributed by atoms with Gasteiger partial charge in [0.2, 0.25) is 0 Å². The van der Waals surface area contributed by atoms with Crippen LogP contribution in [0.2, 0.25) is 0 Å². The molecule has 1 unspecified atom stereocenters. The molecule has 4 heteroatoms. The number of carboxylic acids is 1. The largest absolute Gasteiger partial charge is 0.478 e. The molecule has 1 aliphatic heterocycles. The summed E-state index contributed by atoms with van der Waals surface area (Å²) in [5, 5.41) is 13.2.